The van der Waals surface area contributed by atoms with Gasteiger partial charge in [-0.3, -0.25) is 19.8 Å². The summed E-state index contributed by atoms with van der Waals surface area (Å²) in [5, 5.41) is 5.66. The van der Waals surface area contributed by atoms with E-state index in [1.165, 1.54) is 40.5 Å². The number of benzene rings is 1. The van der Waals surface area contributed by atoms with Crippen LogP contribution >= 0.6 is 11.3 Å². The van der Waals surface area contributed by atoms with Gasteiger partial charge in [-0.25, -0.2) is 13.2 Å². The third kappa shape index (κ3) is 5.86. The van der Waals surface area contributed by atoms with Crippen LogP contribution < -0.4 is 10.6 Å². The minimum absolute atomic E-state index is 0.0239. The monoisotopic (exact) mass is 615 g/mol. The Morgan fingerprint density at radius 2 is 1.76 bits per heavy atom. The third-order valence-electron chi connectivity index (χ3n) is 8.75. The first-order chi connectivity index (χ1) is 19.6. The lowest BCUT2D eigenvalue weighted by Crippen LogP contribution is -2.39. The summed E-state index contributed by atoms with van der Waals surface area (Å²) in [7, 11) is -0.619. The average molecular weight is 616 g/mol. The summed E-state index contributed by atoms with van der Waals surface area (Å²) in [6.45, 7) is 11.5. The highest BCUT2D eigenvalue weighted by Crippen LogP contribution is 2.53. The van der Waals surface area contributed by atoms with E-state index in [-0.39, 0.29) is 27.3 Å². The van der Waals surface area contributed by atoms with Crippen molar-refractivity contribution < 1.29 is 22.8 Å². The number of carbonyl (C=O) groups excluding carboxylic acids is 3. The van der Waals surface area contributed by atoms with E-state index in [4.69, 9.17) is 0 Å². The van der Waals surface area contributed by atoms with Crippen LogP contribution in [-0.2, 0) is 23.0 Å². The number of sulfonamides is 1. The highest BCUT2D eigenvalue weighted by Gasteiger charge is 2.53. The van der Waals surface area contributed by atoms with Crippen molar-refractivity contribution in [2.45, 2.75) is 70.9 Å². The number of amides is 4. The Kier molecular flexibility index (Phi) is 8.06. The fourth-order valence-corrected chi connectivity index (χ4v) is 10.2. The van der Waals surface area contributed by atoms with Crippen LogP contribution in [0, 0.1) is 10.8 Å². The molecule has 5 rings (SSSR count). The van der Waals surface area contributed by atoms with E-state index in [2.05, 4.69) is 43.2 Å². The standard InChI is InChI=1S/C30H41N5O5S2/c1-7-34-13-12-22-23(16-34)41-27(24(22)26(37)32-28(38)33(5)6)31-25(36)19-8-10-21(11-9-19)42(39,40)35-18-30(4)15-20(35)14-29(2,3)17-30/h8-11,20H,7,12-18H2,1-6H3,(H,31,36)(H,32,37,38). The summed E-state index contributed by atoms with van der Waals surface area (Å²) in [4.78, 5) is 43.5. The topological polar surface area (TPSA) is 119 Å². The molecule has 0 radical (unpaired) electrons. The van der Waals surface area contributed by atoms with Crippen LogP contribution in [0.5, 0.6) is 0 Å². The van der Waals surface area contributed by atoms with E-state index >= 15 is 0 Å². The first kappa shape index (κ1) is 30.7. The largest absolute Gasteiger partial charge is 0.331 e. The van der Waals surface area contributed by atoms with Gasteiger partial charge in [-0.15, -0.1) is 11.3 Å². The Balaban J connectivity index is 1.37. The van der Waals surface area contributed by atoms with Crippen LogP contribution in [-0.4, -0.2) is 80.1 Å². The quantitative estimate of drug-likeness (QED) is 0.498. The van der Waals surface area contributed by atoms with Gasteiger partial charge in [0.15, 0.2) is 0 Å². The zero-order valence-electron chi connectivity index (χ0n) is 25.2. The maximum Gasteiger partial charge on any atom is 0.323 e. The number of hydrogen-bond donors (Lipinski definition) is 2. The van der Waals surface area contributed by atoms with E-state index in [1.807, 2.05) is 0 Å². The van der Waals surface area contributed by atoms with Crippen molar-refractivity contribution >= 4 is 44.2 Å². The van der Waals surface area contributed by atoms with Crippen molar-refractivity contribution in [1.82, 2.24) is 19.4 Å². The van der Waals surface area contributed by atoms with Gasteiger partial charge in [0.1, 0.15) is 5.00 Å². The van der Waals surface area contributed by atoms with Gasteiger partial charge in [0, 0.05) is 50.2 Å². The van der Waals surface area contributed by atoms with Crippen molar-refractivity contribution in [3.8, 4) is 0 Å². The molecule has 3 heterocycles. The number of anilines is 1. The summed E-state index contributed by atoms with van der Waals surface area (Å²) in [6.07, 6.45) is 3.33. The minimum atomic E-state index is -3.72. The molecular weight excluding hydrogens is 574 g/mol. The smallest absolute Gasteiger partial charge is 0.323 e. The molecule has 3 aliphatic rings. The van der Waals surface area contributed by atoms with Crippen LogP contribution in [0.4, 0.5) is 9.80 Å². The molecule has 1 aromatic heterocycles. The molecule has 2 unspecified atom stereocenters. The van der Waals surface area contributed by atoms with Gasteiger partial charge < -0.3 is 10.2 Å². The van der Waals surface area contributed by atoms with Gasteiger partial charge in [-0.1, -0.05) is 27.7 Å². The molecule has 2 fully saturated rings. The third-order valence-corrected chi connectivity index (χ3v) is 11.8. The molecule has 2 bridgehead atoms. The van der Waals surface area contributed by atoms with Crippen molar-refractivity contribution in [3.05, 3.63) is 45.8 Å². The first-order valence-electron chi connectivity index (χ1n) is 14.5. The van der Waals surface area contributed by atoms with Gasteiger partial charge in [-0.2, -0.15) is 4.31 Å². The highest BCUT2D eigenvalue weighted by atomic mass is 32.2. The fraction of sp³-hybridized carbons (Fsp3) is 0.567. The molecule has 1 saturated heterocycles. The number of imide groups is 1. The van der Waals surface area contributed by atoms with E-state index in [0.29, 0.717) is 30.1 Å². The number of fused-ring (bicyclic) bond motifs is 3. The van der Waals surface area contributed by atoms with Crippen molar-refractivity contribution in [2.24, 2.45) is 10.8 Å². The first-order valence-corrected chi connectivity index (χ1v) is 16.7. The summed E-state index contributed by atoms with van der Waals surface area (Å²) in [5.41, 5.74) is 1.49. The Morgan fingerprint density at radius 3 is 2.40 bits per heavy atom. The fourth-order valence-electron chi connectivity index (χ4n) is 7.10. The second kappa shape index (κ2) is 11.0. The van der Waals surface area contributed by atoms with Crippen LogP contribution in [0.25, 0.3) is 0 Å². The van der Waals surface area contributed by atoms with Gasteiger partial charge in [-0.05, 0) is 72.9 Å². The summed E-state index contributed by atoms with van der Waals surface area (Å²) < 4.78 is 29.0. The molecule has 4 amide bonds. The molecule has 1 saturated carbocycles. The van der Waals surface area contributed by atoms with Gasteiger partial charge >= 0.3 is 6.03 Å². The Morgan fingerprint density at radius 1 is 1.07 bits per heavy atom. The lowest BCUT2D eigenvalue weighted by atomic mass is 9.65. The molecule has 228 valence electrons. The van der Waals surface area contributed by atoms with Gasteiger partial charge in [0.2, 0.25) is 10.0 Å². The maximum absolute atomic E-state index is 13.7. The van der Waals surface area contributed by atoms with Crippen molar-refractivity contribution in [2.75, 3.05) is 39.0 Å². The molecule has 10 nitrogen and oxygen atoms in total. The SMILES string of the molecule is CCN1CCc2c(sc(NC(=O)c3ccc(S(=O)(=O)N4CC5(C)CC4CC(C)(C)C5)cc3)c2C(=O)NC(=O)N(C)C)C1. The second-order valence-corrected chi connectivity index (χ2v) is 16.2. The molecule has 2 N–H and O–H groups in total. The minimum Gasteiger partial charge on any atom is -0.331 e. The lowest BCUT2D eigenvalue weighted by Gasteiger charge is -2.39. The average Bonchev–Trinajstić information content (AvgIpc) is 3.40. The van der Waals surface area contributed by atoms with E-state index in [9.17, 15) is 22.8 Å². The van der Waals surface area contributed by atoms with E-state index in [0.717, 1.165) is 42.8 Å². The number of carbonyl (C=O) groups is 3. The second-order valence-electron chi connectivity index (χ2n) is 13.2. The number of nitrogens with one attached hydrogen (secondary N) is 2. The molecule has 2 atom stereocenters. The van der Waals surface area contributed by atoms with Gasteiger partial charge in [0.05, 0.1) is 10.5 Å². The Bertz CT molecular complexity index is 1510. The maximum atomic E-state index is 13.7. The predicted octanol–water partition coefficient (Wildman–Crippen LogP) is 4.38. The molecule has 1 aromatic carbocycles. The Hall–Kier alpha value is -2.80. The van der Waals surface area contributed by atoms with Crippen molar-refractivity contribution in [1.29, 1.82) is 0 Å². The number of likely N-dealkylation sites (N-methyl/N-ethyl adjacent to an activating group) is 1. The van der Waals surface area contributed by atoms with Crippen LogP contribution in [0.1, 0.15) is 78.1 Å². The normalized spacial score (nSPS) is 23.7. The number of urea groups is 1. The molecule has 1 aliphatic carbocycles. The van der Waals surface area contributed by atoms with Crippen LogP contribution in [0.15, 0.2) is 29.2 Å². The molecule has 0 spiro atoms. The number of thiophene rings is 1. The highest BCUT2D eigenvalue weighted by molar-refractivity contribution is 7.89. The zero-order valence-corrected chi connectivity index (χ0v) is 26.9. The number of nitrogens with zero attached hydrogens (tertiary/aromatic N) is 3. The molecule has 12 heteroatoms. The number of rotatable bonds is 6. The van der Waals surface area contributed by atoms with Crippen molar-refractivity contribution in [3.63, 3.8) is 0 Å². The zero-order chi connectivity index (χ0) is 30.6. The van der Waals surface area contributed by atoms with E-state index < -0.39 is 27.9 Å². The molecule has 2 aliphatic heterocycles. The van der Waals surface area contributed by atoms with Crippen LogP contribution in [0.3, 0.4) is 0 Å². The predicted molar refractivity (Wildman–Crippen MR) is 163 cm³/mol. The van der Waals surface area contributed by atoms with E-state index in [1.54, 1.807) is 18.4 Å². The summed E-state index contributed by atoms with van der Waals surface area (Å²) in [5.74, 6) is -1.01. The molecule has 2 aromatic rings. The molecule has 42 heavy (non-hydrogen) atoms. The number of hydrogen-bond acceptors (Lipinski definition) is 7. The molecular formula is C30H41N5O5S2. The van der Waals surface area contributed by atoms with Gasteiger partial charge in [0.25, 0.3) is 11.8 Å². The summed E-state index contributed by atoms with van der Waals surface area (Å²) >= 11 is 1.34. The Labute approximate surface area is 252 Å². The summed E-state index contributed by atoms with van der Waals surface area (Å²) in [6, 6.07) is 5.43. The lowest BCUT2D eigenvalue weighted by molar-refractivity contribution is 0.0956. The van der Waals surface area contributed by atoms with Crippen LogP contribution in [0.2, 0.25) is 0 Å².